The van der Waals surface area contributed by atoms with Gasteiger partial charge in [0.2, 0.25) is 0 Å². The van der Waals surface area contributed by atoms with Crippen LogP contribution in [0.1, 0.15) is 17.2 Å². The predicted octanol–water partition coefficient (Wildman–Crippen LogP) is 4.22. The molecule has 0 heterocycles. The highest BCUT2D eigenvalue weighted by molar-refractivity contribution is 6.31. The van der Waals surface area contributed by atoms with Crippen LogP contribution in [-0.2, 0) is 0 Å². The molecule has 2 nitrogen and oxygen atoms in total. The third-order valence-electron chi connectivity index (χ3n) is 2.74. The zero-order valence-corrected chi connectivity index (χ0v) is 11.5. The van der Waals surface area contributed by atoms with Crippen LogP contribution in [0, 0.1) is 5.82 Å². The summed E-state index contributed by atoms with van der Waals surface area (Å²) in [5.41, 5.74) is 0.462. The van der Waals surface area contributed by atoms with Crippen molar-refractivity contribution in [3.05, 3.63) is 63.4 Å². The van der Waals surface area contributed by atoms with E-state index >= 15 is 0 Å². The van der Waals surface area contributed by atoms with Crippen molar-refractivity contribution in [1.29, 1.82) is 0 Å². The summed E-state index contributed by atoms with van der Waals surface area (Å²) in [6.07, 6.45) is -1.20. The van der Waals surface area contributed by atoms with E-state index in [4.69, 9.17) is 27.9 Å². The topological polar surface area (TPSA) is 29.5 Å². The van der Waals surface area contributed by atoms with Crippen LogP contribution in [0.5, 0.6) is 5.75 Å². The number of ether oxygens (including phenoxy) is 1. The molecule has 2 aromatic carbocycles. The van der Waals surface area contributed by atoms with Crippen molar-refractivity contribution in [2.45, 2.75) is 6.10 Å². The second-order valence-electron chi connectivity index (χ2n) is 3.95. The molecule has 0 spiro atoms. The van der Waals surface area contributed by atoms with Crippen molar-refractivity contribution < 1.29 is 14.2 Å². The normalized spacial score (nSPS) is 12.3. The van der Waals surface area contributed by atoms with Gasteiger partial charge in [0.15, 0.2) is 0 Å². The van der Waals surface area contributed by atoms with E-state index in [0.29, 0.717) is 21.4 Å². The van der Waals surface area contributed by atoms with Gasteiger partial charge in [-0.1, -0.05) is 23.2 Å². The molecule has 0 aliphatic carbocycles. The molecule has 0 saturated carbocycles. The van der Waals surface area contributed by atoms with Gasteiger partial charge in [-0.2, -0.15) is 0 Å². The fraction of sp³-hybridized carbons (Fsp3) is 0.143. The molecule has 1 unspecified atom stereocenters. The van der Waals surface area contributed by atoms with Crippen LogP contribution in [0.15, 0.2) is 36.4 Å². The molecule has 2 aromatic rings. The summed E-state index contributed by atoms with van der Waals surface area (Å²) in [5, 5.41) is 11.1. The molecule has 0 fully saturated rings. The number of halogens is 3. The van der Waals surface area contributed by atoms with Gasteiger partial charge in [-0.3, -0.25) is 0 Å². The summed E-state index contributed by atoms with van der Waals surface area (Å²) < 4.78 is 18.9. The van der Waals surface area contributed by atoms with Crippen molar-refractivity contribution in [2.75, 3.05) is 7.11 Å². The van der Waals surface area contributed by atoms with Crippen molar-refractivity contribution in [3.63, 3.8) is 0 Å². The van der Waals surface area contributed by atoms with E-state index in [-0.39, 0.29) is 5.56 Å². The van der Waals surface area contributed by atoms with Gasteiger partial charge in [0, 0.05) is 21.2 Å². The number of aliphatic hydroxyl groups excluding tert-OH is 1. The number of aliphatic hydroxyl groups is 1. The molecule has 0 aromatic heterocycles. The van der Waals surface area contributed by atoms with Crippen molar-refractivity contribution in [3.8, 4) is 5.75 Å². The van der Waals surface area contributed by atoms with E-state index < -0.39 is 11.9 Å². The van der Waals surface area contributed by atoms with Crippen molar-refractivity contribution in [2.24, 2.45) is 0 Å². The SMILES string of the molecule is COc1ccc(Cl)cc1C(O)c1cc(Cl)ccc1F. The minimum absolute atomic E-state index is 0.0769. The van der Waals surface area contributed by atoms with Gasteiger partial charge in [0.05, 0.1) is 7.11 Å². The fourth-order valence-corrected chi connectivity index (χ4v) is 2.17. The van der Waals surface area contributed by atoms with E-state index in [1.54, 1.807) is 12.1 Å². The Morgan fingerprint density at radius 3 is 2.26 bits per heavy atom. The Hall–Kier alpha value is -1.29. The summed E-state index contributed by atoms with van der Waals surface area (Å²) in [4.78, 5) is 0. The summed E-state index contributed by atoms with van der Waals surface area (Å²) in [7, 11) is 1.47. The van der Waals surface area contributed by atoms with Crippen LogP contribution in [-0.4, -0.2) is 12.2 Å². The average Bonchev–Trinajstić information content (AvgIpc) is 2.40. The van der Waals surface area contributed by atoms with Crippen LogP contribution in [0.4, 0.5) is 4.39 Å². The van der Waals surface area contributed by atoms with Gasteiger partial charge in [-0.05, 0) is 36.4 Å². The molecule has 1 N–H and O–H groups in total. The first-order chi connectivity index (χ1) is 9.02. The molecule has 0 bridgehead atoms. The Bertz CT molecular complexity index is 602. The molecule has 19 heavy (non-hydrogen) atoms. The molecule has 0 aliphatic rings. The lowest BCUT2D eigenvalue weighted by Crippen LogP contribution is -2.05. The van der Waals surface area contributed by atoms with Gasteiger partial charge in [0.1, 0.15) is 17.7 Å². The lowest BCUT2D eigenvalue weighted by atomic mass is 10.00. The maximum Gasteiger partial charge on any atom is 0.129 e. The Labute approximate surface area is 120 Å². The number of benzene rings is 2. The summed E-state index contributed by atoms with van der Waals surface area (Å²) >= 11 is 11.7. The molecule has 2 rings (SSSR count). The molecular weight excluding hydrogens is 290 g/mol. The molecule has 0 radical (unpaired) electrons. The van der Waals surface area contributed by atoms with E-state index in [1.165, 1.54) is 31.4 Å². The van der Waals surface area contributed by atoms with Gasteiger partial charge in [-0.15, -0.1) is 0 Å². The second-order valence-corrected chi connectivity index (χ2v) is 4.83. The number of rotatable bonds is 3. The maximum atomic E-state index is 13.7. The van der Waals surface area contributed by atoms with E-state index in [9.17, 15) is 9.50 Å². The zero-order valence-electron chi connectivity index (χ0n) is 10.0. The first-order valence-electron chi connectivity index (χ1n) is 5.49. The van der Waals surface area contributed by atoms with Crippen LogP contribution in [0.3, 0.4) is 0 Å². The van der Waals surface area contributed by atoms with Gasteiger partial charge >= 0.3 is 0 Å². The second kappa shape index (κ2) is 5.78. The third kappa shape index (κ3) is 3.00. The molecule has 0 amide bonds. The predicted molar refractivity (Wildman–Crippen MR) is 73.5 cm³/mol. The minimum Gasteiger partial charge on any atom is -0.496 e. The van der Waals surface area contributed by atoms with Crippen LogP contribution >= 0.6 is 23.2 Å². The van der Waals surface area contributed by atoms with Gasteiger partial charge in [-0.25, -0.2) is 4.39 Å². The summed E-state index contributed by atoms with van der Waals surface area (Å²) in [6.45, 7) is 0. The lowest BCUT2D eigenvalue weighted by molar-refractivity contribution is 0.209. The molecule has 1 atom stereocenters. The van der Waals surface area contributed by atoms with Crippen molar-refractivity contribution >= 4 is 23.2 Å². The van der Waals surface area contributed by atoms with E-state index in [0.717, 1.165) is 0 Å². The molecule has 100 valence electrons. The fourth-order valence-electron chi connectivity index (χ4n) is 1.81. The van der Waals surface area contributed by atoms with Gasteiger partial charge in [0.25, 0.3) is 0 Å². The Kier molecular flexibility index (Phi) is 4.30. The minimum atomic E-state index is -1.20. The third-order valence-corrected chi connectivity index (χ3v) is 3.21. The van der Waals surface area contributed by atoms with Crippen LogP contribution in [0.2, 0.25) is 10.0 Å². The van der Waals surface area contributed by atoms with Crippen molar-refractivity contribution in [1.82, 2.24) is 0 Å². The Morgan fingerprint density at radius 2 is 1.63 bits per heavy atom. The summed E-state index contributed by atoms with van der Waals surface area (Å²) in [6, 6.07) is 8.78. The highest BCUT2D eigenvalue weighted by atomic mass is 35.5. The Balaban J connectivity index is 2.51. The van der Waals surface area contributed by atoms with Gasteiger partial charge < -0.3 is 9.84 Å². The standard InChI is InChI=1S/C14H11Cl2FO2/c1-19-13-5-3-9(16)7-11(13)14(18)10-6-8(15)2-4-12(10)17/h2-7,14,18H,1H3. The monoisotopic (exact) mass is 300 g/mol. The molecule has 0 aliphatic heterocycles. The lowest BCUT2D eigenvalue weighted by Gasteiger charge is -2.16. The molecule has 0 saturated heterocycles. The number of hydrogen-bond acceptors (Lipinski definition) is 2. The number of methoxy groups -OCH3 is 1. The molecular formula is C14H11Cl2FO2. The molecule has 5 heteroatoms. The average molecular weight is 301 g/mol. The van der Waals surface area contributed by atoms with E-state index in [1.807, 2.05) is 0 Å². The Morgan fingerprint density at radius 1 is 1.05 bits per heavy atom. The number of hydrogen-bond donors (Lipinski definition) is 1. The first kappa shape index (κ1) is 14.1. The largest absolute Gasteiger partial charge is 0.496 e. The van der Waals surface area contributed by atoms with Crippen LogP contribution in [0.25, 0.3) is 0 Å². The van der Waals surface area contributed by atoms with E-state index in [2.05, 4.69) is 0 Å². The highest BCUT2D eigenvalue weighted by Crippen LogP contribution is 2.34. The highest BCUT2D eigenvalue weighted by Gasteiger charge is 2.19. The quantitative estimate of drug-likeness (QED) is 0.919. The summed E-state index contributed by atoms with van der Waals surface area (Å²) in [5.74, 6) is -0.116. The zero-order chi connectivity index (χ0) is 14.0. The van der Waals surface area contributed by atoms with Crippen LogP contribution < -0.4 is 4.74 Å². The first-order valence-corrected chi connectivity index (χ1v) is 6.25. The maximum absolute atomic E-state index is 13.7. The smallest absolute Gasteiger partial charge is 0.129 e.